The van der Waals surface area contributed by atoms with Crippen molar-refractivity contribution in [1.82, 2.24) is 10.2 Å². The molecule has 0 bridgehead atoms. The van der Waals surface area contributed by atoms with E-state index in [1.165, 1.54) is 18.4 Å². The standard InChI is InChI=1S/C20H30N2O/c1-20(2,3)19(23)22-14-12-16(15-9-5-4-6-10-15)18-17(22)11-7-8-13-21-18/h4-6,9-10,16-18,21H,7-8,11-14H2,1-3H3/t16-,17-,18-/m1/s1. The summed E-state index contributed by atoms with van der Waals surface area (Å²) in [5.41, 5.74) is 1.12. The number of hydrogen-bond acceptors (Lipinski definition) is 2. The normalized spacial score (nSPS) is 28.8. The van der Waals surface area contributed by atoms with E-state index in [2.05, 4.69) is 40.5 Å². The Morgan fingerprint density at radius 2 is 1.87 bits per heavy atom. The second kappa shape index (κ2) is 6.64. The Hall–Kier alpha value is -1.35. The van der Waals surface area contributed by atoms with Crippen LogP contribution in [0.25, 0.3) is 0 Å². The topological polar surface area (TPSA) is 32.3 Å². The maximum atomic E-state index is 12.9. The predicted octanol–water partition coefficient (Wildman–Crippen LogP) is 3.56. The molecule has 1 N–H and O–H groups in total. The van der Waals surface area contributed by atoms with Crippen LogP contribution in [0.2, 0.25) is 0 Å². The third kappa shape index (κ3) is 3.45. The molecule has 2 heterocycles. The van der Waals surface area contributed by atoms with Gasteiger partial charge in [-0.05, 0) is 31.4 Å². The van der Waals surface area contributed by atoms with Crippen LogP contribution in [-0.4, -0.2) is 36.0 Å². The van der Waals surface area contributed by atoms with Crippen LogP contribution in [-0.2, 0) is 4.79 Å². The maximum Gasteiger partial charge on any atom is 0.228 e. The van der Waals surface area contributed by atoms with Crippen molar-refractivity contribution in [2.75, 3.05) is 13.1 Å². The zero-order valence-corrected chi connectivity index (χ0v) is 14.7. The van der Waals surface area contributed by atoms with E-state index in [-0.39, 0.29) is 5.41 Å². The van der Waals surface area contributed by atoms with Gasteiger partial charge in [-0.15, -0.1) is 0 Å². The van der Waals surface area contributed by atoms with Crippen molar-refractivity contribution in [3.8, 4) is 0 Å². The van der Waals surface area contributed by atoms with E-state index in [1.54, 1.807) is 0 Å². The number of piperidine rings is 1. The number of nitrogens with zero attached hydrogens (tertiary/aromatic N) is 1. The summed E-state index contributed by atoms with van der Waals surface area (Å²) in [5, 5.41) is 3.77. The van der Waals surface area contributed by atoms with Crippen molar-refractivity contribution in [1.29, 1.82) is 0 Å². The summed E-state index contributed by atoms with van der Waals surface area (Å²) in [5.74, 6) is 0.825. The Morgan fingerprint density at radius 3 is 2.57 bits per heavy atom. The fraction of sp³-hybridized carbons (Fsp3) is 0.650. The zero-order valence-electron chi connectivity index (χ0n) is 14.7. The highest BCUT2D eigenvalue weighted by Gasteiger charge is 2.43. The molecule has 2 aliphatic heterocycles. The van der Waals surface area contributed by atoms with Crippen LogP contribution in [0.1, 0.15) is 57.9 Å². The molecule has 2 fully saturated rings. The molecule has 1 amide bonds. The van der Waals surface area contributed by atoms with Gasteiger partial charge in [0, 0.05) is 30.0 Å². The highest BCUT2D eigenvalue weighted by molar-refractivity contribution is 5.82. The number of carbonyl (C=O) groups is 1. The fourth-order valence-electron chi connectivity index (χ4n) is 4.20. The molecule has 1 aromatic carbocycles. The summed E-state index contributed by atoms with van der Waals surface area (Å²) in [7, 11) is 0. The molecular weight excluding hydrogens is 284 g/mol. The number of fused-ring (bicyclic) bond motifs is 1. The Labute approximate surface area is 140 Å². The van der Waals surface area contributed by atoms with Crippen molar-refractivity contribution in [3.63, 3.8) is 0 Å². The molecule has 2 aliphatic rings. The van der Waals surface area contributed by atoms with Crippen LogP contribution in [0.4, 0.5) is 0 Å². The Balaban J connectivity index is 1.88. The lowest BCUT2D eigenvalue weighted by atomic mass is 9.78. The molecule has 3 nitrogen and oxygen atoms in total. The second-order valence-corrected chi connectivity index (χ2v) is 8.10. The highest BCUT2D eigenvalue weighted by Crippen LogP contribution is 2.37. The van der Waals surface area contributed by atoms with Gasteiger partial charge in [0.1, 0.15) is 0 Å². The quantitative estimate of drug-likeness (QED) is 0.859. The largest absolute Gasteiger partial charge is 0.338 e. The van der Waals surface area contributed by atoms with Crippen molar-refractivity contribution in [2.24, 2.45) is 5.41 Å². The Morgan fingerprint density at radius 1 is 1.13 bits per heavy atom. The molecule has 0 radical (unpaired) electrons. The van der Waals surface area contributed by atoms with Crippen molar-refractivity contribution in [2.45, 2.75) is 64.5 Å². The molecule has 0 saturated carbocycles. The number of carbonyl (C=O) groups excluding carboxylic acids is 1. The Kier molecular flexibility index (Phi) is 4.77. The monoisotopic (exact) mass is 314 g/mol. The van der Waals surface area contributed by atoms with Crippen molar-refractivity contribution in [3.05, 3.63) is 35.9 Å². The minimum absolute atomic E-state index is 0.295. The van der Waals surface area contributed by atoms with E-state index in [9.17, 15) is 4.79 Å². The van der Waals surface area contributed by atoms with Crippen LogP contribution >= 0.6 is 0 Å². The third-order valence-corrected chi connectivity index (χ3v) is 5.37. The molecule has 126 valence electrons. The lowest BCUT2D eigenvalue weighted by molar-refractivity contribution is -0.144. The lowest BCUT2D eigenvalue weighted by Gasteiger charge is -2.47. The van der Waals surface area contributed by atoms with Crippen molar-refractivity contribution < 1.29 is 4.79 Å². The second-order valence-electron chi connectivity index (χ2n) is 8.10. The van der Waals surface area contributed by atoms with Crippen molar-refractivity contribution >= 4 is 5.91 Å². The van der Waals surface area contributed by atoms with Gasteiger partial charge in [-0.2, -0.15) is 0 Å². The predicted molar refractivity (Wildman–Crippen MR) is 94.4 cm³/mol. The number of nitrogens with one attached hydrogen (secondary N) is 1. The average Bonchev–Trinajstić information content (AvgIpc) is 2.79. The number of rotatable bonds is 1. The van der Waals surface area contributed by atoms with E-state index in [1.807, 2.05) is 20.8 Å². The first-order valence-corrected chi connectivity index (χ1v) is 9.08. The summed E-state index contributed by atoms with van der Waals surface area (Å²) >= 11 is 0. The van der Waals surface area contributed by atoms with Gasteiger partial charge in [-0.1, -0.05) is 57.5 Å². The zero-order chi connectivity index (χ0) is 16.4. The highest BCUT2D eigenvalue weighted by atomic mass is 16.2. The SMILES string of the molecule is CC(C)(C)C(=O)N1CC[C@H](c2ccccc2)[C@H]2NCCCC[C@H]21. The summed E-state index contributed by atoms with van der Waals surface area (Å²) in [4.78, 5) is 15.1. The molecule has 3 rings (SSSR count). The molecule has 0 aliphatic carbocycles. The number of benzene rings is 1. The summed E-state index contributed by atoms with van der Waals surface area (Å²) < 4.78 is 0. The van der Waals surface area contributed by atoms with Gasteiger partial charge in [0.2, 0.25) is 5.91 Å². The molecule has 0 spiro atoms. The third-order valence-electron chi connectivity index (χ3n) is 5.37. The van der Waals surface area contributed by atoms with Gasteiger partial charge in [0.25, 0.3) is 0 Å². The van der Waals surface area contributed by atoms with Crippen LogP contribution in [0, 0.1) is 5.41 Å². The fourth-order valence-corrected chi connectivity index (χ4v) is 4.20. The van der Waals surface area contributed by atoms with Gasteiger partial charge in [0.05, 0.1) is 0 Å². The maximum absolute atomic E-state index is 12.9. The molecular formula is C20H30N2O. The van der Waals surface area contributed by atoms with Gasteiger partial charge in [-0.3, -0.25) is 4.79 Å². The first-order chi connectivity index (χ1) is 11.0. The number of likely N-dealkylation sites (tertiary alicyclic amines) is 1. The summed E-state index contributed by atoms with van der Waals surface area (Å²) in [6, 6.07) is 11.6. The molecule has 0 unspecified atom stereocenters. The van der Waals surface area contributed by atoms with E-state index in [0.29, 0.717) is 23.9 Å². The summed E-state index contributed by atoms with van der Waals surface area (Å²) in [6.07, 6.45) is 4.61. The molecule has 3 atom stereocenters. The first kappa shape index (κ1) is 16.5. The molecule has 2 saturated heterocycles. The van der Waals surface area contributed by atoms with Gasteiger partial charge in [0.15, 0.2) is 0 Å². The number of amides is 1. The van der Waals surface area contributed by atoms with Gasteiger partial charge < -0.3 is 10.2 Å². The molecule has 1 aromatic rings. The summed E-state index contributed by atoms with van der Waals surface area (Å²) in [6.45, 7) is 8.08. The van der Waals surface area contributed by atoms with Gasteiger partial charge in [-0.25, -0.2) is 0 Å². The number of hydrogen-bond donors (Lipinski definition) is 1. The van der Waals surface area contributed by atoms with E-state index in [0.717, 1.165) is 25.9 Å². The lowest BCUT2D eigenvalue weighted by Crippen LogP contribution is -2.59. The van der Waals surface area contributed by atoms with E-state index < -0.39 is 0 Å². The molecule has 0 aromatic heterocycles. The average molecular weight is 314 g/mol. The van der Waals surface area contributed by atoms with Crippen LogP contribution in [0.5, 0.6) is 0 Å². The van der Waals surface area contributed by atoms with E-state index >= 15 is 0 Å². The van der Waals surface area contributed by atoms with Crippen LogP contribution in [0.15, 0.2) is 30.3 Å². The minimum Gasteiger partial charge on any atom is -0.338 e. The molecule has 23 heavy (non-hydrogen) atoms. The van der Waals surface area contributed by atoms with Crippen LogP contribution < -0.4 is 5.32 Å². The van der Waals surface area contributed by atoms with E-state index in [4.69, 9.17) is 0 Å². The first-order valence-electron chi connectivity index (χ1n) is 9.08. The van der Waals surface area contributed by atoms with Gasteiger partial charge >= 0.3 is 0 Å². The molecule has 3 heteroatoms. The van der Waals surface area contributed by atoms with Crippen LogP contribution in [0.3, 0.4) is 0 Å². The smallest absolute Gasteiger partial charge is 0.228 e. The minimum atomic E-state index is -0.295. The Bertz CT molecular complexity index is 534.